The number of imidazole rings is 1. The Balaban J connectivity index is 2.54. The standard InChI is InChI=1S/C10H11BrN4/c1-7-4-8(11)6-14-10(7)15-3-2-13-9(15)5-12/h2-4,6H,5,12H2,1H3. The third-order valence-corrected chi connectivity index (χ3v) is 2.58. The zero-order chi connectivity index (χ0) is 10.8. The van der Waals surface area contributed by atoms with Crippen molar-refractivity contribution in [1.29, 1.82) is 0 Å². The van der Waals surface area contributed by atoms with Crippen LogP contribution < -0.4 is 5.73 Å². The van der Waals surface area contributed by atoms with Crippen LogP contribution >= 0.6 is 15.9 Å². The molecule has 0 bridgehead atoms. The maximum Gasteiger partial charge on any atom is 0.141 e. The van der Waals surface area contributed by atoms with Gasteiger partial charge in [0.05, 0.1) is 6.54 Å². The van der Waals surface area contributed by atoms with E-state index in [1.54, 1.807) is 12.4 Å². The Morgan fingerprint density at radius 3 is 2.93 bits per heavy atom. The van der Waals surface area contributed by atoms with Crippen molar-refractivity contribution < 1.29 is 0 Å². The largest absolute Gasteiger partial charge is 0.324 e. The third-order valence-electron chi connectivity index (χ3n) is 2.15. The van der Waals surface area contributed by atoms with Gasteiger partial charge in [-0.15, -0.1) is 0 Å². The zero-order valence-corrected chi connectivity index (χ0v) is 9.90. The van der Waals surface area contributed by atoms with E-state index in [0.717, 1.165) is 21.7 Å². The Hall–Kier alpha value is -1.20. The molecule has 15 heavy (non-hydrogen) atoms. The van der Waals surface area contributed by atoms with Crippen molar-refractivity contribution in [3.05, 3.63) is 40.5 Å². The molecule has 0 spiro atoms. The summed E-state index contributed by atoms with van der Waals surface area (Å²) in [6.07, 6.45) is 5.36. The number of pyridine rings is 1. The smallest absolute Gasteiger partial charge is 0.141 e. The molecule has 2 rings (SSSR count). The van der Waals surface area contributed by atoms with Gasteiger partial charge in [-0.2, -0.15) is 0 Å². The second kappa shape index (κ2) is 4.12. The first-order valence-electron chi connectivity index (χ1n) is 4.57. The Morgan fingerprint density at radius 1 is 1.47 bits per heavy atom. The summed E-state index contributed by atoms with van der Waals surface area (Å²) in [6.45, 7) is 2.41. The third kappa shape index (κ3) is 1.93. The van der Waals surface area contributed by atoms with Gasteiger partial charge in [0.1, 0.15) is 11.6 Å². The predicted octanol–water partition coefficient (Wildman–Crippen LogP) is 1.80. The molecule has 0 aliphatic carbocycles. The van der Waals surface area contributed by atoms with Crippen molar-refractivity contribution in [2.24, 2.45) is 5.73 Å². The quantitative estimate of drug-likeness (QED) is 0.902. The fourth-order valence-corrected chi connectivity index (χ4v) is 1.91. The number of hydrogen-bond acceptors (Lipinski definition) is 3. The fourth-order valence-electron chi connectivity index (χ4n) is 1.46. The van der Waals surface area contributed by atoms with E-state index in [4.69, 9.17) is 5.73 Å². The lowest BCUT2D eigenvalue weighted by Crippen LogP contribution is -2.08. The maximum absolute atomic E-state index is 5.59. The van der Waals surface area contributed by atoms with Crippen LogP contribution in [0.5, 0.6) is 0 Å². The second-order valence-corrected chi connectivity index (χ2v) is 4.13. The average molecular weight is 267 g/mol. The SMILES string of the molecule is Cc1cc(Br)cnc1-n1ccnc1CN. The van der Waals surface area contributed by atoms with E-state index in [1.807, 2.05) is 23.8 Å². The number of nitrogens with zero attached hydrogens (tertiary/aromatic N) is 3. The monoisotopic (exact) mass is 266 g/mol. The Kier molecular flexibility index (Phi) is 2.83. The van der Waals surface area contributed by atoms with Gasteiger partial charge in [0.2, 0.25) is 0 Å². The molecule has 78 valence electrons. The van der Waals surface area contributed by atoms with Crippen molar-refractivity contribution in [3.8, 4) is 5.82 Å². The van der Waals surface area contributed by atoms with Crippen LogP contribution in [0.2, 0.25) is 0 Å². The molecule has 0 radical (unpaired) electrons. The summed E-state index contributed by atoms with van der Waals surface area (Å²) in [5.41, 5.74) is 6.67. The van der Waals surface area contributed by atoms with E-state index < -0.39 is 0 Å². The highest BCUT2D eigenvalue weighted by Gasteiger charge is 2.07. The Morgan fingerprint density at radius 2 is 2.27 bits per heavy atom. The van der Waals surface area contributed by atoms with Crippen molar-refractivity contribution in [2.75, 3.05) is 0 Å². The highest BCUT2D eigenvalue weighted by Crippen LogP contribution is 2.17. The molecule has 0 saturated heterocycles. The molecule has 0 atom stereocenters. The van der Waals surface area contributed by atoms with Gasteiger partial charge >= 0.3 is 0 Å². The summed E-state index contributed by atoms with van der Waals surface area (Å²) in [5, 5.41) is 0. The molecule has 2 heterocycles. The minimum Gasteiger partial charge on any atom is -0.324 e. The summed E-state index contributed by atoms with van der Waals surface area (Å²) < 4.78 is 2.88. The highest BCUT2D eigenvalue weighted by molar-refractivity contribution is 9.10. The van der Waals surface area contributed by atoms with Crippen LogP contribution in [-0.4, -0.2) is 14.5 Å². The van der Waals surface area contributed by atoms with Gasteiger partial charge in [-0.25, -0.2) is 9.97 Å². The summed E-state index contributed by atoms with van der Waals surface area (Å²) in [6, 6.07) is 2.02. The van der Waals surface area contributed by atoms with Crippen molar-refractivity contribution in [2.45, 2.75) is 13.5 Å². The highest BCUT2D eigenvalue weighted by atomic mass is 79.9. The molecule has 0 fully saturated rings. The lowest BCUT2D eigenvalue weighted by atomic mass is 10.3. The number of aryl methyl sites for hydroxylation is 1. The maximum atomic E-state index is 5.59. The zero-order valence-electron chi connectivity index (χ0n) is 8.31. The average Bonchev–Trinajstić information content (AvgIpc) is 2.65. The molecular formula is C10H11BrN4. The first-order valence-corrected chi connectivity index (χ1v) is 5.36. The van der Waals surface area contributed by atoms with Crippen LogP contribution in [-0.2, 0) is 6.54 Å². The number of rotatable bonds is 2. The molecule has 0 aliphatic heterocycles. The minimum absolute atomic E-state index is 0.407. The second-order valence-electron chi connectivity index (χ2n) is 3.21. The van der Waals surface area contributed by atoms with Crippen LogP contribution in [0.1, 0.15) is 11.4 Å². The summed E-state index contributed by atoms with van der Waals surface area (Å²) >= 11 is 3.38. The van der Waals surface area contributed by atoms with Crippen molar-refractivity contribution >= 4 is 15.9 Å². The van der Waals surface area contributed by atoms with Crippen LogP contribution in [0.15, 0.2) is 29.1 Å². The van der Waals surface area contributed by atoms with E-state index in [1.165, 1.54) is 0 Å². The van der Waals surface area contributed by atoms with Crippen LogP contribution in [0, 0.1) is 6.92 Å². The van der Waals surface area contributed by atoms with Crippen molar-refractivity contribution in [1.82, 2.24) is 14.5 Å². The van der Waals surface area contributed by atoms with Gasteiger partial charge in [0.25, 0.3) is 0 Å². The summed E-state index contributed by atoms with van der Waals surface area (Å²) in [7, 11) is 0. The van der Waals surface area contributed by atoms with E-state index >= 15 is 0 Å². The van der Waals surface area contributed by atoms with Gasteiger partial charge in [0, 0.05) is 23.1 Å². The molecule has 0 aromatic carbocycles. The van der Waals surface area contributed by atoms with E-state index in [-0.39, 0.29) is 0 Å². The molecule has 4 nitrogen and oxygen atoms in total. The normalized spacial score (nSPS) is 10.6. The number of halogens is 1. The molecule has 2 aromatic rings. The summed E-state index contributed by atoms with van der Waals surface area (Å²) in [5.74, 6) is 1.68. The van der Waals surface area contributed by atoms with Gasteiger partial charge in [-0.3, -0.25) is 4.57 Å². The van der Waals surface area contributed by atoms with Crippen LogP contribution in [0.4, 0.5) is 0 Å². The number of nitrogens with two attached hydrogens (primary N) is 1. The molecule has 0 aliphatic rings. The number of hydrogen-bond donors (Lipinski definition) is 1. The fraction of sp³-hybridized carbons (Fsp3) is 0.200. The lowest BCUT2D eigenvalue weighted by Gasteiger charge is -2.08. The Labute approximate surface area is 96.3 Å². The molecule has 0 amide bonds. The predicted molar refractivity (Wildman–Crippen MR) is 61.7 cm³/mol. The molecule has 2 N–H and O–H groups in total. The topological polar surface area (TPSA) is 56.7 Å². The first kappa shape index (κ1) is 10.3. The van der Waals surface area contributed by atoms with Crippen molar-refractivity contribution in [3.63, 3.8) is 0 Å². The molecule has 0 unspecified atom stereocenters. The lowest BCUT2D eigenvalue weighted by molar-refractivity contribution is 0.841. The first-order chi connectivity index (χ1) is 7.22. The number of aromatic nitrogens is 3. The Bertz CT molecular complexity index is 478. The molecule has 5 heteroatoms. The molecular weight excluding hydrogens is 256 g/mol. The molecule has 0 saturated carbocycles. The van der Waals surface area contributed by atoms with E-state index in [0.29, 0.717) is 6.54 Å². The van der Waals surface area contributed by atoms with Gasteiger partial charge < -0.3 is 5.73 Å². The molecule has 2 aromatic heterocycles. The van der Waals surface area contributed by atoms with E-state index in [2.05, 4.69) is 25.9 Å². The van der Waals surface area contributed by atoms with Gasteiger partial charge in [-0.1, -0.05) is 0 Å². The summed E-state index contributed by atoms with van der Waals surface area (Å²) in [4.78, 5) is 8.51. The van der Waals surface area contributed by atoms with Crippen LogP contribution in [0.25, 0.3) is 5.82 Å². The van der Waals surface area contributed by atoms with Gasteiger partial charge in [0.15, 0.2) is 0 Å². The minimum atomic E-state index is 0.407. The van der Waals surface area contributed by atoms with E-state index in [9.17, 15) is 0 Å². The van der Waals surface area contributed by atoms with Gasteiger partial charge in [-0.05, 0) is 34.5 Å². The van der Waals surface area contributed by atoms with Crippen LogP contribution in [0.3, 0.4) is 0 Å².